The van der Waals surface area contributed by atoms with Crippen LogP contribution in [0.15, 0.2) is 34.1 Å². The molecule has 1 aromatic rings. The molecule has 170 valence electrons. The number of hydrazine groups is 1. The van der Waals surface area contributed by atoms with Gasteiger partial charge in [-0.3, -0.25) is 0 Å². The van der Waals surface area contributed by atoms with Crippen molar-refractivity contribution >= 4 is 21.7 Å². The number of nitrogens with one attached hydrogen (secondary N) is 2. The lowest BCUT2D eigenvalue weighted by Crippen LogP contribution is -2.39. The molecule has 0 spiro atoms. The van der Waals surface area contributed by atoms with E-state index in [2.05, 4.69) is 79.4 Å². The molecule has 7 heteroatoms. The fraction of sp³-hybridized carbons (Fsp3) is 0.609. The normalized spacial score (nSPS) is 13.3. The Labute approximate surface area is 191 Å². The second-order valence-electron chi connectivity index (χ2n) is 8.70. The summed E-state index contributed by atoms with van der Waals surface area (Å²) in [6.07, 6.45) is 5.88. The van der Waals surface area contributed by atoms with Crippen LogP contribution in [0.4, 0.5) is 5.82 Å². The number of hydrogen-bond donors (Lipinski definition) is 4. The summed E-state index contributed by atoms with van der Waals surface area (Å²) in [5.41, 5.74) is 10.4. The minimum Gasteiger partial charge on any atom is -0.396 e. The quantitative estimate of drug-likeness (QED) is 0.154. The van der Waals surface area contributed by atoms with Crippen LogP contribution in [-0.4, -0.2) is 36.7 Å². The van der Waals surface area contributed by atoms with Crippen molar-refractivity contribution in [2.24, 2.45) is 17.0 Å². The molecule has 0 aliphatic carbocycles. The molecule has 1 aromatic heterocycles. The summed E-state index contributed by atoms with van der Waals surface area (Å²) in [6, 6.07) is 4.29. The molecule has 0 radical (unpaired) electrons. The van der Waals surface area contributed by atoms with E-state index in [4.69, 9.17) is 16.6 Å². The van der Waals surface area contributed by atoms with Gasteiger partial charge in [0.2, 0.25) is 0 Å². The maximum Gasteiger partial charge on any atom is 0.129 e. The summed E-state index contributed by atoms with van der Waals surface area (Å²) in [5, 5.41) is 8.40. The van der Waals surface area contributed by atoms with Gasteiger partial charge in [-0.15, -0.1) is 0 Å². The van der Waals surface area contributed by atoms with Crippen molar-refractivity contribution in [3.63, 3.8) is 0 Å². The minimum absolute atomic E-state index is 0.0864. The molecule has 0 fully saturated rings. The van der Waals surface area contributed by atoms with E-state index >= 15 is 0 Å². The SMILES string of the molecule is CC/C=C(\C(N)=C(\Br)CNCCCc1ccc(CC)c(NC)n1)N(N)CC(C)(C)C. The van der Waals surface area contributed by atoms with Crippen LogP contribution < -0.4 is 22.2 Å². The number of pyridine rings is 1. The molecule has 0 atom stereocenters. The van der Waals surface area contributed by atoms with Gasteiger partial charge in [-0.05, 0) is 49.3 Å². The van der Waals surface area contributed by atoms with Crippen molar-refractivity contribution in [2.75, 3.05) is 32.0 Å². The molecule has 0 unspecified atom stereocenters. The Morgan fingerprint density at radius 2 is 1.97 bits per heavy atom. The zero-order chi connectivity index (χ0) is 22.7. The van der Waals surface area contributed by atoms with Crippen molar-refractivity contribution in [3.05, 3.63) is 45.3 Å². The summed E-state index contributed by atoms with van der Waals surface area (Å²) >= 11 is 3.64. The molecule has 0 aromatic carbocycles. The number of aryl methyl sites for hydroxylation is 2. The van der Waals surface area contributed by atoms with E-state index < -0.39 is 0 Å². The molecule has 0 aliphatic rings. The standard InChI is InChI=1S/C23H41BrN6/c1-7-10-20(30(26)16-23(3,4)5)21(25)19(24)15-28-14-9-11-18-13-12-17(8-2)22(27-6)29-18/h10,12-13,28H,7-9,11,14-16,25-26H2,1-6H3,(H,27,29)/b20-10+,21-19-. The Bertz CT molecular complexity index is 721. The second kappa shape index (κ2) is 13.0. The fourth-order valence-electron chi connectivity index (χ4n) is 3.17. The van der Waals surface area contributed by atoms with E-state index in [9.17, 15) is 0 Å². The minimum atomic E-state index is 0.0864. The largest absolute Gasteiger partial charge is 0.396 e. The van der Waals surface area contributed by atoms with Crippen LogP contribution in [0.2, 0.25) is 0 Å². The highest BCUT2D eigenvalue weighted by Gasteiger charge is 2.18. The van der Waals surface area contributed by atoms with E-state index in [1.807, 2.05) is 7.05 Å². The third kappa shape index (κ3) is 9.06. The Hall–Kier alpha value is -1.57. The predicted octanol–water partition coefficient (Wildman–Crippen LogP) is 4.29. The Balaban J connectivity index is 2.60. The summed E-state index contributed by atoms with van der Waals surface area (Å²) in [7, 11) is 1.92. The summed E-state index contributed by atoms with van der Waals surface area (Å²) in [5.74, 6) is 7.30. The average Bonchev–Trinajstić information content (AvgIpc) is 2.69. The molecule has 0 saturated carbocycles. The summed E-state index contributed by atoms with van der Waals surface area (Å²) < 4.78 is 0.925. The smallest absolute Gasteiger partial charge is 0.129 e. The first-order chi connectivity index (χ1) is 14.1. The molecule has 0 saturated heterocycles. The first-order valence-electron chi connectivity index (χ1n) is 10.9. The Morgan fingerprint density at radius 1 is 1.27 bits per heavy atom. The second-order valence-corrected chi connectivity index (χ2v) is 9.66. The Morgan fingerprint density at radius 3 is 2.53 bits per heavy atom. The predicted molar refractivity (Wildman–Crippen MR) is 133 cm³/mol. The third-order valence-corrected chi connectivity index (χ3v) is 5.35. The molecule has 0 amide bonds. The number of halogens is 1. The average molecular weight is 482 g/mol. The molecular weight excluding hydrogens is 440 g/mol. The highest BCUT2D eigenvalue weighted by atomic mass is 79.9. The van der Waals surface area contributed by atoms with E-state index in [-0.39, 0.29) is 5.41 Å². The van der Waals surface area contributed by atoms with Crippen molar-refractivity contribution in [1.29, 1.82) is 0 Å². The van der Waals surface area contributed by atoms with Crippen LogP contribution in [0.25, 0.3) is 0 Å². The Kier molecular flexibility index (Phi) is 11.4. The number of nitrogens with two attached hydrogens (primary N) is 2. The van der Waals surface area contributed by atoms with Crippen LogP contribution in [-0.2, 0) is 12.8 Å². The number of allylic oxidation sites excluding steroid dienone is 1. The molecule has 30 heavy (non-hydrogen) atoms. The number of nitrogens with zero attached hydrogens (tertiary/aromatic N) is 2. The van der Waals surface area contributed by atoms with Gasteiger partial charge >= 0.3 is 0 Å². The van der Waals surface area contributed by atoms with Gasteiger partial charge in [-0.1, -0.05) is 62.7 Å². The molecule has 0 bridgehead atoms. The van der Waals surface area contributed by atoms with Crippen molar-refractivity contribution in [2.45, 2.75) is 60.3 Å². The molecule has 0 aliphatic heterocycles. The van der Waals surface area contributed by atoms with Crippen LogP contribution in [0.5, 0.6) is 0 Å². The van der Waals surface area contributed by atoms with Crippen molar-refractivity contribution in [3.8, 4) is 0 Å². The van der Waals surface area contributed by atoms with Crippen molar-refractivity contribution in [1.82, 2.24) is 15.3 Å². The van der Waals surface area contributed by atoms with Crippen LogP contribution in [0.3, 0.4) is 0 Å². The third-order valence-electron chi connectivity index (χ3n) is 4.64. The first-order valence-corrected chi connectivity index (χ1v) is 11.7. The van der Waals surface area contributed by atoms with Crippen LogP contribution >= 0.6 is 15.9 Å². The highest BCUT2D eigenvalue weighted by molar-refractivity contribution is 9.11. The highest BCUT2D eigenvalue weighted by Crippen LogP contribution is 2.22. The number of hydrogen-bond acceptors (Lipinski definition) is 6. The number of aromatic nitrogens is 1. The van der Waals surface area contributed by atoms with Gasteiger partial charge in [0.05, 0.1) is 11.4 Å². The maximum absolute atomic E-state index is 6.42. The zero-order valence-corrected chi connectivity index (χ0v) is 21.2. The van der Waals surface area contributed by atoms with Gasteiger partial charge in [0.1, 0.15) is 5.82 Å². The monoisotopic (exact) mass is 480 g/mol. The van der Waals surface area contributed by atoms with E-state index in [0.717, 1.165) is 60.5 Å². The van der Waals surface area contributed by atoms with Crippen LogP contribution in [0, 0.1) is 5.41 Å². The van der Waals surface area contributed by atoms with Gasteiger partial charge in [0.15, 0.2) is 0 Å². The van der Waals surface area contributed by atoms with E-state index in [1.165, 1.54) is 5.56 Å². The molecule has 6 nitrogen and oxygen atoms in total. The number of anilines is 1. The zero-order valence-electron chi connectivity index (χ0n) is 19.6. The van der Waals surface area contributed by atoms with Crippen molar-refractivity contribution < 1.29 is 0 Å². The summed E-state index contributed by atoms with van der Waals surface area (Å²) in [4.78, 5) is 4.71. The lowest BCUT2D eigenvalue weighted by atomic mass is 9.96. The van der Waals surface area contributed by atoms with Gasteiger partial charge < -0.3 is 21.4 Å². The maximum atomic E-state index is 6.42. The van der Waals surface area contributed by atoms with Gasteiger partial charge in [-0.2, -0.15) is 0 Å². The van der Waals surface area contributed by atoms with Gasteiger partial charge in [0, 0.05) is 30.3 Å². The molecular formula is C23H41BrN6. The first kappa shape index (κ1) is 26.5. The van der Waals surface area contributed by atoms with Gasteiger partial charge in [0.25, 0.3) is 0 Å². The fourth-order valence-corrected chi connectivity index (χ4v) is 3.57. The van der Waals surface area contributed by atoms with Crippen LogP contribution in [0.1, 0.15) is 58.7 Å². The van der Waals surface area contributed by atoms with E-state index in [1.54, 1.807) is 5.01 Å². The topological polar surface area (TPSA) is 92.2 Å². The lowest BCUT2D eigenvalue weighted by molar-refractivity contribution is 0.241. The lowest BCUT2D eigenvalue weighted by Gasteiger charge is -2.30. The molecule has 1 rings (SSSR count). The summed E-state index contributed by atoms with van der Waals surface area (Å²) in [6.45, 7) is 13.0. The van der Waals surface area contributed by atoms with E-state index in [0.29, 0.717) is 12.2 Å². The molecule has 1 heterocycles. The van der Waals surface area contributed by atoms with Gasteiger partial charge in [-0.25, -0.2) is 10.8 Å². The molecule has 6 N–H and O–H groups in total. The number of rotatable bonds is 12.